The fourth-order valence-electron chi connectivity index (χ4n) is 3.01. The molecule has 0 spiro atoms. The van der Waals surface area contributed by atoms with Crippen molar-refractivity contribution in [1.29, 1.82) is 0 Å². The van der Waals surface area contributed by atoms with Gasteiger partial charge in [0.15, 0.2) is 5.16 Å². The molecule has 164 valence electrons. The third kappa shape index (κ3) is 5.33. The Labute approximate surface area is 186 Å². The molecule has 0 aliphatic rings. The van der Waals surface area contributed by atoms with E-state index in [1.807, 2.05) is 37.3 Å². The number of aryl methyl sites for hydroxylation is 1. The number of carbonyl (C=O) groups is 1. The zero-order valence-corrected chi connectivity index (χ0v) is 19.3. The Kier molecular flexibility index (Phi) is 7.47. The van der Waals surface area contributed by atoms with Crippen LogP contribution in [0.15, 0.2) is 64.9 Å². The van der Waals surface area contributed by atoms with Crippen molar-refractivity contribution < 1.29 is 13.2 Å². The molecule has 3 rings (SSSR count). The van der Waals surface area contributed by atoms with Crippen molar-refractivity contribution in [2.24, 2.45) is 0 Å². The van der Waals surface area contributed by atoms with Crippen molar-refractivity contribution in [2.45, 2.75) is 30.8 Å². The number of thioether (sulfide) groups is 1. The van der Waals surface area contributed by atoms with Crippen LogP contribution in [0, 0.1) is 6.92 Å². The predicted molar refractivity (Wildman–Crippen MR) is 122 cm³/mol. The number of rotatable bonds is 9. The quantitative estimate of drug-likeness (QED) is 0.493. The summed E-state index contributed by atoms with van der Waals surface area (Å²) in [4.78, 5) is 12.7. The van der Waals surface area contributed by atoms with Gasteiger partial charge in [0.25, 0.3) is 0 Å². The molecule has 0 bridgehead atoms. The molecular formula is C21H25N5O3S2. The molecule has 10 heteroatoms. The van der Waals surface area contributed by atoms with Gasteiger partial charge < -0.3 is 5.32 Å². The third-order valence-electron chi connectivity index (χ3n) is 4.71. The largest absolute Gasteiger partial charge is 0.325 e. The summed E-state index contributed by atoms with van der Waals surface area (Å²) < 4.78 is 28.8. The number of carbonyl (C=O) groups excluding carboxylic acids is 1. The molecule has 31 heavy (non-hydrogen) atoms. The topological polar surface area (TPSA) is 97.2 Å². The van der Waals surface area contributed by atoms with Crippen LogP contribution < -0.4 is 5.32 Å². The molecule has 0 saturated carbocycles. The van der Waals surface area contributed by atoms with Gasteiger partial charge in [-0.1, -0.05) is 49.9 Å². The lowest BCUT2D eigenvalue weighted by molar-refractivity contribution is -0.113. The number of nitrogens with one attached hydrogen (secondary N) is 1. The van der Waals surface area contributed by atoms with Crippen LogP contribution in [0.3, 0.4) is 0 Å². The molecule has 0 radical (unpaired) electrons. The molecule has 0 saturated heterocycles. The Hall–Kier alpha value is -2.69. The monoisotopic (exact) mass is 459 g/mol. The van der Waals surface area contributed by atoms with E-state index < -0.39 is 10.0 Å². The summed E-state index contributed by atoms with van der Waals surface area (Å²) in [7, 11) is -3.61. The van der Waals surface area contributed by atoms with E-state index in [1.165, 1.54) is 22.1 Å². The second-order valence-corrected chi connectivity index (χ2v) is 9.60. The van der Waals surface area contributed by atoms with Crippen LogP contribution in [0.2, 0.25) is 0 Å². The zero-order chi connectivity index (χ0) is 22.4. The Balaban J connectivity index is 1.71. The number of para-hydroxylation sites is 1. The van der Waals surface area contributed by atoms with Crippen LogP contribution in [0.25, 0.3) is 5.69 Å². The number of amides is 1. The molecule has 1 heterocycles. The molecule has 1 aromatic heterocycles. The van der Waals surface area contributed by atoms with Crippen molar-refractivity contribution in [3.8, 4) is 5.69 Å². The minimum absolute atomic E-state index is 0.109. The van der Waals surface area contributed by atoms with E-state index in [-0.39, 0.29) is 16.6 Å². The minimum atomic E-state index is -3.61. The summed E-state index contributed by atoms with van der Waals surface area (Å²) >= 11 is 1.25. The van der Waals surface area contributed by atoms with Gasteiger partial charge in [0.2, 0.25) is 15.9 Å². The highest BCUT2D eigenvalue weighted by molar-refractivity contribution is 7.99. The van der Waals surface area contributed by atoms with Gasteiger partial charge in [0.1, 0.15) is 6.33 Å². The molecule has 0 atom stereocenters. The van der Waals surface area contributed by atoms with Gasteiger partial charge in [0.05, 0.1) is 10.6 Å². The summed E-state index contributed by atoms with van der Waals surface area (Å²) in [5.41, 5.74) is 2.16. The van der Waals surface area contributed by atoms with Gasteiger partial charge in [-0.2, -0.15) is 4.31 Å². The molecule has 0 unspecified atom stereocenters. The van der Waals surface area contributed by atoms with Gasteiger partial charge in [-0.3, -0.25) is 9.36 Å². The molecule has 1 N–H and O–H groups in total. The van der Waals surface area contributed by atoms with Gasteiger partial charge in [-0.25, -0.2) is 8.42 Å². The third-order valence-corrected chi connectivity index (χ3v) is 7.70. The highest BCUT2D eigenvalue weighted by Gasteiger charge is 2.22. The maximum Gasteiger partial charge on any atom is 0.243 e. The predicted octanol–water partition coefficient (Wildman–Crippen LogP) is 3.34. The smallest absolute Gasteiger partial charge is 0.243 e. The van der Waals surface area contributed by atoms with Crippen LogP contribution in [0.5, 0.6) is 0 Å². The van der Waals surface area contributed by atoms with E-state index in [2.05, 4.69) is 15.5 Å². The number of anilines is 1. The first-order chi connectivity index (χ1) is 14.9. The van der Waals surface area contributed by atoms with Crippen molar-refractivity contribution in [3.63, 3.8) is 0 Å². The Morgan fingerprint density at radius 3 is 2.52 bits per heavy atom. The van der Waals surface area contributed by atoms with Crippen molar-refractivity contribution >= 4 is 33.4 Å². The number of aromatic nitrogens is 3. The van der Waals surface area contributed by atoms with Crippen molar-refractivity contribution in [3.05, 3.63) is 60.4 Å². The lowest BCUT2D eigenvalue weighted by Gasteiger charge is -2.19. The van der Waals surface area contributed by atoms with Gasteiger partial charge >= 0.3 is 0 Å². The Morgan fingerprint density at radius 2 is 1.84 bits per heavy atom. The van der Waals surface area contributed by atoms with Gasteiger partial charge in [-0.15, -0.1) is 10.2 Å². The van der Waals surface area contributed by atoms with Crippen LogP contribution in [-0.2, 0) is 14.8 Å². The maximum absolute atomic E-state index is 12.8. The van der Waals surface area contributed by atoms with E-state index in [9.17, 15) is 13.2 Å². The van der Waals surface area contributed by atoms with Crippen molar-refractivity contribution in [1.82, 2.24) is 19.1 Å². The molecular weight excluding hydrogens is 434 g/mol. The number of benzene rings is 2. The van der Waals surface area contributed by atoms with Crippen LogP contribution in [0.1, 0.15) is 19.4 Å². The summed E-state index contributed by atoms with van der Waals surface area (Å²) in [5.74, 6) is -0.147. The van der Waals surface area contributed by atoms with Gasteiger partial charge in [0, 0.05) is 24.5 Å². The molecule has 3 aromatic rings. The van der Waals surface area contributed by atoms with Gasteiger partial charge in [-0.05, 0) is 36.8 Å². The second kappa shape index (κ2) is 10.1. The first-order valence-electron chi connectivity index (χ1n) is 9.85. The minimum Gasteiger partial charge on any atom is -0.325 e. The Morgan fingerprint density at radius 1 is 1.13 bits per heavy atom. The highest BCUT2D eigenvalue weighted by Crippen LogP contribution is 2.24. The lowest BCUT2D eigenvalue weighted by Crippen LogP contribution is -2.30. The number of hydrogen-bond acceptors (Lipinski definition) is 6. The van der Waals surface area contributed by atoms with Crippen LogP contribution in [0.4, 0.5) is 5.69 Å². The number of nitrogens with zero attached hydrogens (tertiary/aromatic N) is 4. The molecule has 2 aromatic carbocycles. The fraction of sp³-hybridized carbons (Fsp3) is 0.286. The lowest BCUT2D eigenvalue weighted by atomic mass is 10.2. The van der Waals surface area contributed by atoms with Crippen LogP contribution >= 0.6 is 11.8 Å². The maximum atomic E-state index is 12.8. The SMILES string of the molecule is CCN(CC)S(=O)(=O)c1ccc(C)c(NC(=O)CSc2nncn2-c2ccccc2)c1. The van der Waals surface area contributed by atoms with E-state index in [0.29, 0.717) is 23.9 Å². The number of sulfonamides is 1. The molecule has 0 fully saturated rings. The van der Waals surface area contributed by atoms with E-state index in [1.54, 1.807) is 36.9 Å². The molecule has 8 nitrogen and oxygen atoms in total. The molecule has 1 amide bonds. The normalized spacial score (nSPS) is 11.6. The molecule has 0 aliphatic heterocycles. The number of hydrogen-bond donors (Lipinski definition) is 1. The molecule has 0 aliphatic carbocycles. The van der Waals surface area contributed by atoms with Crippen LogP contribution in [-0.4, -0.2) is 52.2 Å². The summed E-state index contributed by atoms with van der Waals surface area (Å²) in [6.45, 7) is 6.18. The standard InChI is InChI=1S/C21H25N5O3S2/c1-4-25(5-2)31(28,29)18-12-11-16(3)19(13-18)23-20(27)14-30-21-24-22-15-26(21)17-9-7-6-8-10-17/h6-13,15H,4-5,14H2,1-3H3,(H,23,27). The zero-order valence-electron chi connectivity index (χ0n) is 17.6. The first kappa shape index (κ1) is 23.0. The average molecular weight is 460 g/mol. The summed E-state index contributed by atoms with van der Waals surface area (Å²) in [6.07, 6.45) is 1.60. The van der Waals surface area contributed by atoms with E-state index >= 15 is 0 Å². The van der Waals surface area contributed by atoms with E-state index in [4.69, 9.17) is 0 Å². The van der Waals surface area contributed by atoms with Crippen molar-refractivity contribution in [2.75, 3.05) is 24.2 Å². The highest BCUT2D eigenvalue weighted by atomic mass is 32.2. The summed E-state index contributed by atoms with van der Waals surface area (Å²) in [5, 5.41) is 11.4. The van der Waals surface area contributed by atoms with E-state index in [0.717, 1.165) is 11.3 Å². The average Bonchev–Trinajstić information content (AvgIpc) is 3.23. The summed E-state index contributed by atoms with van der Waals surface area (Å²) in [6, 6.07) is 14.4. The first-order valence-corrected chi connectivity index (χ1v) is 12.3. The fourth-order valence-corrected chi connectivity index (χ4v) is 5.23. The second-order valence-electron chi connectivity index (χ2n) is 6.72. The Bertz CT molecular complexity index is 1140.